The number of rotatable bonds is 6. The van der Waals surface area contributed by atoms with Gasteiger partial charge in [0.1, 0.15) is 0 Å². The van der Waals surface area contributed by atoms with Gasteiger partial charge in [-0.15, -0.1) is 0 Å². The first kappa shape index (κ1) is 17.4. The summed E-state index contributed by atoms with van der Waals surface area (Å²) in [6, 6.07) is 0. The molecule has 4 saturated carbocycles. The summed E-state index contributed by atoms with van der Waals surface area (Å²) < 4.78 is 0. The summed E-state index contributed by atoms with van der Waals surface area (Å²) in [6.07, 6.45) is 9.86. The lowest BCUT2D eigenvalue weighted by Gasteiger charge is -2.29. The van der Waals surface area contributed by atoms with Gasteiger partial charge in [-0.1, -0.05) is 26.7 Å². The molecule has 0 saturated heterocycles. The SMILES string of the molecule is CC(C)(CNC(=O)[C@H]1C[C@H]2CC[C@@H]1C2)CNC(=O)[C@@H]1C[C@@H]2CC[C@@H]1C2. The van der Waals surface area contributed by atoms with Crippen LogP contribution in [0.3, 0.4) is 0 Å². The Morgan fingerprint density at radius 3 is 1.52 bits per heavy atom. The molecule has 4 bridgehead atoms. The van der Waals surface area contributed by atoms with Crippen molar-refractivity contribution >= 4 is 11.8 Å². The Hall–Kier alpha value is -1.06. The van der Waals surface area contributed by atoms with Crippen LogP contribution in [0.25, 0.3) is 0 Å². The number of hydrogen-bond acceptors (Lipinski definition) is 2. The highest BCUT2D eigenvalue weighted by atomic mass is 16.2. The van der Waals surface area contributed by atoms with E-state index in [-0.39, 0.29) is 29.1 Å². The van der Waals surface area contributed by atoms with Crippen molar-refractivity contribution < 1.29 is 9.59 Å². The average Bonchev–Trinajstić information content (AvgIpc) is 3.37. The fourth-order valence-corrected chi connectivity index (χ4v) is 6.11. The fraction of sp³-hybridized carbons (Fsp3) is 0.905. The lowest BCUT2D eigenvalue weighted by Crippen LogP contribution is -2.45. The molecule has 4 nitrogen and oxygen atoms in total. The number of nitrogens with one attached hydrogen (secondary N) is 2. The van der Waals surface area contributed by atoms with Crippen LogP contribution in [0.4, 0.5) is 0 Å². The van der Waals surface area contributed by atoms with E-state index in [1.807, 2.05) is 0 Å². The van der Waals surface area contributed by atoms with Crippen molar-refractivity contribution in [1.29, 1.82) is 0 Å². The van der Waals surface area contributed by atoms with Gasteiger partial charge in [0, 0.05) is 24.9 Å². The monoisotopic (exact) mass is 346 g/mol. The molecule has 4 aliphatic carbocycles. The van der Waals surface area contributed by atoms with Crippen LogP contribution in [0.5, 0.6) is 0 Å². The molecule has 2 amide bonds. The van der Waals surface area contributed by atoms with Gasteiger partial charge in [0.05, 0.1) is 0 Å². The van der Waals surface area contributed by atoms with E-state index in [2.05, 4.69) is 24.5 Å². The van der Waals surface area contributed by atoms with E-state index in [1.54, 1.807) is 0 Å². The first-order valence-corrected chi connectivity index (χ1v) is 10.5. The largest absolute Gasteiger partial charge is 0.355 e. The van der Waals surface area contributed by atoms with Crippen molar-refractivity contribution in [3.8, 4) is 0 Å². The summed E-state index contributed by atoms with van der Waals surface area (Å²) in [5.41, 5.74) is -0.0967. The third-order valence-electron chi connectivity index (χ3n) is 7.63. The van der Waals surface area contributed by atoms with Crippen LogP contribution >= 0.6 is 0 Å². The van der Waals surface area contributed by atoms with Crippen molar-refractivity contribution in [2.75, 3.05) is 13.1 Å². The highest BCUT2D eigenvalue weighted by Crippen LogP contribution is 2.49. The summed E-state index contributed by atoms with van der Waals surface area (Å²) >= 11 is 0. The van der Waals surface area contributed by atoms with Crippen LogP contribution < -0.4 is 10.6 Å². The molecule has 0 heterocycles. The highest BCUT2D eigenvalue weighted by molar-refractivity contribution is 5.80. The van der Waals surface area contributed by atoms with Gasteiger partial charge in [0.2, 0.25) is 11.8 Å². The number of carbonyl (C=O) groups excluding carboxylic acids is 2. The fourth-order valence-electron chi connectivity index (χ4n) is 6.11. The van der Waals surface area contributed by atoms with Gasteiger partial charge in [0.25, 0.3) is 0 Å². The van der Waals surface area contributed by atoms with Gasteiger partial charge in [0.15, 0.2) is 0 Å². The van der Waals surface area contributed by atoms with Gasteiger partial charge in [-0.05, 0) is 67.6 Å². The molecule has 0 radical (unpaired) electrons. The molecular weight excluding hydrogens is 312 g/mol. The zero-order valence-corrected chi connectivity index (χ0v) is 15.9. The maximum atomic E-state index is 12.5. The number of fused-ring (bicyclic) bond motifs is 4. The Kier molecular flexibility index (Phi) is 4.57. The van der Waals surface area contributed by atoms with Crippen molar-refractivity contribution in [1.82, 2.24) is 10.6 Å². The second-order valence-electron chi connectivity index (χ2n) is 10.2. The molecule has 0 unspecified atom stereocenters. The molecule has 2 N–H and O–H groups in total. The topological polar surface area (TPSA) is 58.2 Å². The second kappa shape index (κ2) is 6.59. The Labute approximate surface area is 151 Å². The standard InChI is InChI=1S/C21H34N2O2/c1-21(2,11-22-19(24)17-9-13-3-5-15(17)7-13)12-23-20(25)18-10-14-4-6-16(18)8-14/h13-18H,3-12H2,1-2H3,(H,22,24)(H,23,25)/t13-,14+,15-,16-,17-,18+/m1/s1. The third-order valence-corrected chi connectivity index (χ3v) is 7.63. The number of carbonyl (C=O) groups is 2. The summed E-state index contributed by atoms with van der Waals surface area (Å²) in [5.74, 6) is 3.86. The predicted molar refractivity (Wildman–Crippen MR) is 97.7 cm³/mol. The quantitative estimate of drug-likeness (QED) is 0.776. The first-order chi connectivity index (χ1) is 11.9. The molecule has 140 valence electrons. The summed E-state index contributed by atoms with van der Waals surface area (Å²) in [5, 5.41) is 6.36. The van der Waals surface area contributed by atoms with Crippen LogP contribution in [0.15, 0.2) is 0 Å². The molecule has 4 heteroatoms. The van der Waals surface area contributed by atoms with Gasteiger partial charge in [-0.2, -0.15) is 0 Å². The maximum Gasteiger partial charge on any atom is 0.223 e. The lowest BCUT2D eigenvalue weighted by molar-refractivity contribution is -0.127. The minimum Gasteiger partial charge on any atom is -0.355 e. The predicted octanol–water partition coefficient (Wildman–Crippen LogP) is 3.12. The molecule has 25 heavy (non-hydrogen) atoms. The van der Waals surface area contributed by atoms with Crippen LogP contribution in [-0.4, -0.2) is 24.9 Å². The van der Waals surface area contributed by atoms with Gasteiger partial charge in [-0.3, -0.25) is 9.59 Å². The molecule has 6 atom stereocenters. The van der Waals surface area contributed by atoms with E-state index in [0.29, 0.717) is 24.9 Å². The Morgan fingerprint density at radius 2 is 1.20 bits per heavy atom. The lowest BCUT2D eigenvalue weighted by atomic mass is 9.86. The number of amides is 2. The number of hydrogen-bond donors (Lipinski definition) is 2. The van der Waals surface area contributed by atoms with Crippen LogP contribution in [0.2, 0.25) is 0 Å². The third kappa shape index (κ3) is 3.59. The van der Waals surface area contributed by atoms with Gasteiger partial charge < -0.3 is 10.6 Å². The Bertz CT molecular complexity index is 498. The molecule has 0 aromatic rings. The average molecular weight is 347 g/mol. The maximum absolute atomic E-state index is 12.5. The van der Waals surface area contributed by atoms with E-state index in [9.17, 15) is 9.59 Å². The van der Waals surface area contributed by atoms with Crippen molar-refractivity contribution in [3.05, 3.63) is 0 Å². The van der Waals surface area contributed by atoms with E-state index < -0.39 is 0 Å². The van der Waals surface area contributed by atoms with E-state index in [4.69, 9.17) is 0 Å². The van der Waals surface area contributed by atoms with E-state index >= 15 is 0 Å². The van der Waals surface area contributed by atoms with Gasteiger partial charge in [-0.25, -0.2) is 0 Å². The highest BCUT2D eigenvalue weighted by Gasteiger charge is 2.44. The molecule has 4 fully saturated rings. The van der Waals surface area contributed by atoms with Crippen LogP contribution in [0.1, 0.15) is 65.2 Å². The first-order valence-electron chi connectivity index (χ1n) is 10.5. The molecular formula is C21H34N2O2. The molecule has 0 aromatic heterocycles. The van der Waals surface area contributed by atoms with Gasteiger partial charge >= 0.3 is 0 Å². The van der Waals surface area contributed by atoms with E-state index in [0.717, 1.165) is 24.7 Å². The molecule has 0 aromatic carbocycles. The second-order valence-corrected chi connectivity index (χ2v) is 10.2. The smallest absolute Gasteiger partial charge is 0.223 e. The van der Waals surface area contributed by atoms with Crippen molar-refractivity contribution in [2.24, 2.45) is 40.9 Å². The van der Waals surface area contributed by atoms with Crippen molar-refractivity contribution in [2.45, 2.75) is 65.2 Å². The van der Waals surface area contributed by atoms with Crippen molar-refractivity contribution in [3.63, 3.8) is 0 Å². The molecule has 0 spiro atoms. The Morgan fingerprint density at radius 1 is 0.760 bits per heavy atom. The zero-order chi connectivity index (χ0) is 17.6. The minimum atomic E-state index is -0.0967. The van der Waals surface area contributed by atoms with E-state index in [1.165, 1.54) is 38.5 Å². The molecule has 0 aliphatic heterocycles. The summed E-state index contributed by atoms with van der Waals surface area (Å²) in [7, 11) is 0. The normalized spacial score (nSPS) is 39.0. The van der Waals surface area contributed by atoms with Crippen LogP contribution in [0, 0.1) is 40.9 Å². The van der Waals surface area contributed by atoms with Crippen LogP contribution in [-0.2, 0) is 9.59 Å². The Balaban J connectivity index is 1.20. The molecule has 4 rings (SSSR count). The summed E-state index contributed by atoms with van der Waals surface area (Å²) in [4.78, 5) is 25.0. The summed E-state index contributed by atoms with van der Waals surface area (Å²) in [6.45, 7) is 5.57. The molecule has 4 aliphatic rings. The minimum absolute atomic E-state index is 0.0967. The zero-order valence-electron chi connectivity index (χ0n) is 15.9.